The molecular formula is C18H27NO3S3. The molecule has 0 spiro atoms. The van der Waals surface area contributed by atoms with E-state index in [9.17, 15) is 14.5 Å². The van der Waals surface area contributed by atoms with Gasteiger partial charge in [-0.15, -0.1) is 23.5 Å². The van der Waals surface area contributed by atoms with Crippen LogP contribution in [0, 0.1) is 12.8 Å². The lowest BCUT2D eigenvalue weighted by Gasteiger charge is -2.30. The summed E-state index contributed by atoms with van der Waals surface area (Å²) in [6, 6.07) is 7.33. The summed E-state index contributed by atoms with van der Waals surface area (Å²) in [6.45, 7) is 8.45. The van der Waals surface area contributed by atoms with E-state index in [4.69, 9.17) is 0 Å². The maximum Gasteiger partial charge on any atom is 0.349 e. The Hall–Kier alpha value is -0.340. The number of carboxylic acid groups (broad SMARTS) is 1. The number of aliphatic carboxylic acids is 1. The zero-order valence-corrected chi connectivity index (χ0v) is 17.7. The number of carbonyl (C=O) groups is 1. The van der Waals surface area contributed by atoms with Gasteiger partial charge in [0.1, 0.15) is 0 Å². The molecule has 1 aliphatic rings. The second-order valence-corrected chi connectivity index (χ2v) is 11.3. The molecule has 0 aromatic heterocycles. The summed E-state index contributed by atoms with van der Waals surface area (Å²) in [5.74, 6) is 0.386. The highest BCUT2D eigenvalue weighted by Crippen LogP contribution is 2.56. The Morgan fingerprint density at radius 1 is 1.40 bits per heavy atom. The van der Waals surface area contributed by atoms with Crippen molar-refractivity contribution in [2.24, 2.45) is 5.92 Å². The molecule has 0 aliphatic carbocycles. The molecule has 1 aromatic carbocycles. The average Bonchev–Trinajstić information content (AvgIpc) is 2.94. The quantitative estimate of drug-likeness (QED) is 0.629. The molecule has 2 rings (SSSR count). The molecule has 0 radical (unpaired) electrons. The number of hydrogen-bond acceptors (Lipinski definition) is 5. The van der Waals surface area contributed by atoms with Crippen LogP contribution in [0.4, 0.5) is 0 Å². The number of nitrogens with one attached hydrogen (secondary N) is 1. The van der Waals surface area contributed by atoms with Crippen LogP contribution in [-0.4, -0.2) is 30.3 Å². The minimum Gasteiger partial charge on any atom is -0.593 e. The number of hydrogen-bond donors (Lipinski definition) is 2. The summed E-state index contributed by atoms with van der Waals surface area (Å²) < 4.78 is 14.3. The van der Waals surface area contributed by atoms with Crippen LogP contribution in [0.1, 0.15) is 45.6 Å². The van der Waals surface area contributed by atoms with E-state index in [0.29, 0.717) is 10.8 Å². The van der Waals surface area contributed by atoms with Crippen molar-refractivity contribution in [3.63, 3.8) is 0 Å². The van der Waals surface area contributed by atoms with Crippen molar-refractivity contribution in [1.29, 1.82) is 0 Å². The van der Waals surface area contributed by atoms with Crippen molar-refractivity contribution < 1.29 is 14.5 Å². The van der Waals surface area contributed by atoms with Gasteiger partial charge >= 0.3 is 5.97 Å². The fourth-order valence-corrected chi connectivity index (χ4v) is 7.71. The topological polar surface area (TPSA) is 72.4 Å². The molecule has 25 heavy (non-hydrogen) atoms. The predicted molar refractivity (Wildman–Crippen MR) is 108 cm³/mol. The number of carboxylic acids is 1. The van der Waals surface area contributed by atoms with Crippen molar-refractivity contribution in [1.82, 2.24) is 4.72 Å². The van der Waals surface area contributed by atoms with Gasteiger partial charge in [-0.25, -0.2) is 4.79 Å². The van der Waals surface area contributed by atoms with Crippen LogP contribution in [-0.2, 0) is 16.2 Å². The van der Waals surface area contributed by atoms with Gasteiger partial charge in [0.15, 0.2) is 4.90 Å². The van der Waals surface area contributed by atoms with Gasteiger partial charge < -0.3 is 9.66 Å². The second kappa shape index (κ2) is 8.57. The maximum absolute atomic E-state index is 12.7. The SMILES string of the molecule is CCC1(CCC(C)C)CS[C@@](N[S@@+]([O-])c2ccc(C)cc2)(C(=O)O)S1. The lowest BCUT2D eigenvalue weighted by atomic mass is 9.96. The van der Waals surface area contributed by atoms with Crippen LogP contribution in [0.3, 0.4) is 0 Å². The van der Waals surface area contributed by atoms with Crippen LogP contribution in [0.2, 0.25) is 0 Å². The van der Waals surface area contributed by atoms with Crippen LogP contribution in [0.25, 0.3) is 0 Å². The Kier molecular flexibility index (Phi) is 7.18. The van der Waals surface area contributed by atoms with Crippen molar-refractivity contribution in [2.75, 3.05) is 5.75 Å². The minimum atomic E-state index is -1.56. The first-order valence-corrected chi connectivity index (χ1v) is 11.5. The zero-order chi connectivity index (χ0) is 18.7. The van der Waals surface area contributed by atoms with E-state index < -0.39 is 21.5 Å². The highest BCUT2D eigenvalue weighted by molar-refractivity contribution is 8.23. The first-order chi connectivity index (χ1) is 11.7. The van der Waals surface area contributed by atoms with Gasteiger partial charge in [0.05, 0.1) is 11.4 Å². The van der Waals surface area contributed by atoms with E-state index in [1.54, 1.807) is 12.1 Å². The molecule has 1 unspecified atom stereocenters. The van der Waals surface area contributed by atoms with Crippen LogP contribution in [0.5, 0.6) is 0 Å². The fourth-order valence-electron chi connectivity index (χ4n) is 2.67. The van der Waals surface area contributed by atoms with E-state index in [1.807, 2.05) is 19.1 Å². The van der Waals surface area contributed by atoms with Crippen molar-refractivity contribution in [3.05, 3.63) is 29.8 Å². The second-order valence-electron chi connectivity index (χ2n) is 6.97. The Balaban J connectivity index is 2.16. The number of rotatable bonds is 8. The number of thioether (sulfide) groups is 2. The summed E-state index contributed by atoms with van der Waals surface area (Å²) in [4.78, 5) is 12.6. The Bertz CT molecular complexity index is 596. The molecule has 140 valence electrons. The van der Waals surface area contributed by atoms with Crippen LogP contribution < -0.4 is 4.72 Å². The predicted octanol–water partition coefficient (Wildman–Crippen LogP) is 4.41. The van der Waals surface area contributed by atoms with Gasteiger partial charge in [-0.3, -0.25) is 0 Å². The molecule has 1 heterocycles. The lowest BCUT2D eigenvalue weighted by Crippen LogP contribution is -2.48. The number of benzene rings is 1. The van der Waals surface area contributed by atoms with Crippen LogP contribution >= 0.6 is 23.5 Å². The minimum absolute atomic E-state index is 0.0855. The zero-order valence-electron chi connectivity index (χ0n) is 15.2. The van der Waals surface area contributed by atoms with Crippen molar-refractivity contribution >= 4 is 40.9 Å². The van der Waals surface area contributed by atoms with E-state index in [-0.39, 0.29) is 4.75 Å². The highest BCUT2D eigenvalue weighted by atomic mass is 32.2. The maximum atomic E-state index is 12.7. The molecule has 4 nitrogen and oxygen atoms in total. The summed E-state index contributed by atoms with van der Waals surface area (Å²) >= 11 is 1.25. The van der Waals surface area contributed by atoms with Gasteiger partial charge in [0.25, 0.3) is 4.20 Å². The van der Waals surface area contributed by atoms with Crippen molar-refractivity contribution in [3.8, 4) is 0 Å². The first kappa shape index (κ1) is 21.0. The van der Waals surface area contributed by atoms with E-state index in [0.717, 1.165) is 30.6 Å². The molecule has 1 aliphatic heterocycles. The fraction of sp³-hybridized carbons (Fsp3) is 0.611. The molecule has 2 N–H and O–H groups in total. The normalized spacial score (nSPS) is 27.6. The monoisotopic (exact) mass is 401 g/mol. The van der Waals surface area contributed by atoms with E-state index >= 15 is 0 Å². The Morgan fingerprint density at radius 3 is 2.56 bits per heavy atom. The summed E-state index contributed by atoms with van der Waals surface area (Å²) in [6.07, 6.45) is 2.95. The Morgan fingerprint density at radius 2 is 2.04 bits per heavy atom. The number of aryl methyl sites for hydroxylation is 1. The third-order valence-corrected chi connectivity index (χ3v) is 9.72. The van der Waals surface area contributed by atoms with Gasteiger partial charge in [0.2, 0.25) is 0 Å². The Labute approximate surface area is 162 Å². The first-order valence-electron chi connectivity index (χ1n) is 8.56. The third-order valence-electron chi connectivity index (χ3n) is 4.46. The molecular weight excluding hydrogens is 374 g/mol. The molecule has 3 atom stereocenters. The molecule has 1 fully saturated rings. The molecule has 0 amide bonds. The molecule has 1 saturated heterocycles. The van der Waals surface area contributed by atoms with E-state index in [1.165, 1.54) is 23.5 Å². The van der Waals surface area contributed by atoms with Crippen molar-refractivity contribution in [2.45, 2.75) is 60.8 Å². The summed E-state index contributed by atoms with van der Waals surface area (Å²) in [5.41, 5.74) is 1.08. The van der Waals surface area contributed by atoms with Crippen LogP contribution in [0.15, 0.2) is 29.2 Å². The average molecular weight is 402 g/mol. The largest absolute Gasteiger partial charge is 0.593 e. The molecule has 1 aromatic rings. The molecule has 0 saturated carbocycles. The smallest absolute Gasteiger partial charge is 0.349 e. The summed E-state index contributed by atoms with van der Waals surface area (Å²) in [5, 5.41) is 9.87. The highest BCUT2D eigenvalue weighted by Gasteiger charge is 2.56. The molecule has 0 bridgehead atoms. The van der Waals surface area contributed by atoms with Gasteiger partial charge in [0, 0.05) is 10.5 Å². The van der Waals surface area contributed by atoms with E-state index in [2.05, 4.69) is 25.5 Å². The lowest BCUT2D eigenvalue weighted by molar-refractivity contribution is -0.137. The van der Waals surface area contributed by atoms with Gasteiger partial charge in [-0.1, -0.05) is 43.2 Å². The van der Waals surface area contributed by atoms with Gasteiger partial charge in [-0.2, -0.15) is 0 Å². The van der Waals surface area contributed by atoms with Gasteiger partial charge in [-0.05, 0) is 44.2 Å². The third kappa shape index (κ3) is 5.10. The standard InChI is InChI=1S/C18H27NO3S3/c1-5-17(11-10-13(2)3)12-23-18(24-17,16(20)21)19-25(22)15-8-6-14(4)7-9-15/h6-9,13,19H,5,10-12H2,1-4H3,(H,20,21)/t17?,18-,25-/m0/s1. The summed E-state index contributed by atoms with van der Waals surface area (Å²) in [7, 11) is 0. The molecule has 7 heteroatoms.